The van der Waals surface area contributed by atoms with Gasteiger partial charge in [0.25, 0.3) is 5.91 Å². The van der Waals surface area contributed by atoms with Crippen molar-refractivity contribution in [3.63, 3.8) is 0 Å². The summed E-state index contributed by atoms with van der Waals surface area (Å²) < 4.78 is 5.88. The lowest BCUT2D eigenvalue weighted by molar-refractivity contribution is 0.102. The molecular formula is C15H11Cl2N3O2S. The Balaban J connectivity index is 1.99. The Hall–Kier alpha value is -1.89. The first-order valence-corrected chi connectivity index (χ1v) is 8.18. The number of amides is 1. The smallest absolute Gasteiger partial charge is 0.258 e. The fourth-order valence-corrected chi connectivity index (χ4v) is 3.53. The number of aromatic nitrogens is 2. The van der Waals surface area contributed by atoms with Crippen LogP contribution >= 0.6 is 34.5 Å². The second kappa shape index (κ2) is 6.31. The number of hydrogen-bond acceptors (Lipinski definition) is 5. The van der Waals surface area contributed by atoms with Gasteiger partial charge in [0.15, 0.2) is 0 Å². The molecule has 0 saturated carbocycles. The van der Waals surface area contributed by atoms with Crippen molar-refractivity contribution in [1.82, 2.24) is 9.97 Å². The molecule has 2 heterocycles. The van der Waals surface area contributed by atoms with Gasteiger partial charge in [0.2, 0.25) is 0 Å². The third-order valence-corrected chi connectivity index (χ3v) is 4.97. The molecule has 0 saturated heterocycles. The molecule has 0 fully saturated rings. The van der Waals surface area contributed by atoms with Gasteiger partial charge in [-0.2, -0.15) is 0 Å². The van der Waals surface area contributed by atoms with E-state index in [1.54, 1.807) is 17.5 Å². The molecule has 0 unspecified atom stereocenters. The van der Waals surface area contributed by atoms with E-state index in [-0.39, 0.29) is 5.91 Å². The number of anilines is 1. The lowest BCUT2D eigenvalue weighted by Gasteiger charge is -2.11. The molecule has 0 spiro atoms. The third-order valence-electron chi connectivity index (χ3n) is 3.21. The Labute approximate surface area is 146 Å². The number of ether oxygens (including phenoxy) is 1. The minimum absolute atomic E-state index is 0.319. The van der Waals surface area contributed by atoms with Crippen LogP contribution in [0.3, 0.4) is 0 Å². The van der Waals surface area contributed by atoms with Crippen LogP contribution in [0.15, 0.2) is 23.8 Å². The molecule has 0 aliphatic heterocycles. The molecule has 1 N–H and O–H groups in total. The molecule has 1 amide bonds. The Morgan fingerprint density at radius 2 is 2.09 bits per heavy atom. The standard InChI is InChI=1S/C15H11Cl2N3O2S/c1-7-3-9(11(16)10(4-7)22-2)20-15(21)8-5-23-13-12(8)18-6-19-14(13)17/h3-6H,1-2H3,(H,20,21). The van der Waals surface area contributed by atoms with E-state index in [1.807, 2.05) is 6.92 Å². The maximum absolute atomic E-state index is 12.6. The largest absolute Gasteiger partial charge is 0.495 e. The number of carbonyl (C=O) groups is 1. The molecule has 0 bridgehead atoms. The van der Waals surface area contributed by atoms with Crippen LogP contribution < -0.4 is 10.1 Å². The van der Waals surface area contributed by atoms with Gasteiger partial charge in [-0.3, -0.25) is 4.79 Å². The van der Waals surface area contributed by atoms with Crippen LogP contribution in [-0.4, -0.2) is 23.0 Å². The number of carbonyl (C=O) groups excluding carboxylic acids is 1. The number of benzene rings is 1. The van der Waals surface area contributed by atoms with Crippen molar-refractivity contribution in [1.29, 1.82) is 0 Å². The Bertz CT molecular complexity index is 911. The zero-order valence-electron chi connectivity index (χ0n) is 12.2. The van der Waals surface area contributed by atoms with Crippen molar-refractivity contribution < 1.29 is 9.53 Å². The Kier molecular flexibility index (Phi) is 4.39. The number of rotatable bonds is 3. The Morgan fingerprint density at radius 1 is 1.30 bits per heavy atom. The molecule has 5 nitrogen and oxygen atoms in total. The minimum atomic E-state index is -0.319. The van der Waals surface area contributed by atoms with Crippen LogP contribution in [0.5, 0.6) is 5.75 Å². The van der Waals surface area contributed by atoms with Gasteiger partial charge in [-0.25, -0.2) is 9.97 Å². The molecule has 3 aromatic rings. The van der Waals surface area contributed by atoms with Crippen LogP contribution in [-0.2, 0) is 0 Å². The first-order valence-electron chi connectivity index (χ1n) is 6.54. The maximum atomic E-state index is 12.6. The number of methoxy groups -OCH3 is 1. The summed E-state index contributed by atoms with van der Waals surface area (Å²) in [5, 5.41) is 5.16. The van der Waals surface area contributed by atoms with E-state index in [2.05, 4.69) is 15.3 Å². The quantitative estimate of drug-likeness (QED) is 0.688. The van der Waals surface area contributed by atoms with Crippen molar-refractivity contribution in [3.05, 3.63) is 45.1 Å². The average molecular weight is 368 g/mol. The van der Waals surface area contributed by atoms with Gasteiger partial charge < -0.3 is 10.1 Å². The molecule has 23 heavy (non-hydrogen) atoms. The van der Waals surface area contributed by atoms with Gasteiger partial charge >= 0.3 is 0 Å². The van der Waals surface area contributed by atoms with E-state index in [0.29, 0.717) is 37.4 Å². The SMILES string of the molecule is COc1cc(C)cc(NC(=O)c2csc3c(Cl)ncnc23)c1Cl. The molecule has 1 aromatic carbocycles. The van der Waals surface area contributed by atoms with Crippen molar-refractivity contribution >= 4 is 56.3 Å². The van der Waals surface area contributed by atoms with Crippen LogP contribution in [0, 0.1) is 6.92 Å². The van der Waals surface area contributed by atoms with Crippen LogP contribution in [0.1, 0.15) is 15.9 Å². The van der Waals surface area contributed by atoms with E-state index < -0.39 is 0 Å². The van der Waals surface area contributed by atoms with Crippen LogP contribution in [0.4, 0.5) is 5.69 Å². The van der Waals surface area contributed by atoms with Crippen molar-refractivity contribution in [2.45, 2.75) is 6.92 Å². The van der Waals surface area contributed by atoms with Crippen molar-refractivity contribution in [2.75, 3.05) is 12.4 Å². The number of fused-ring (bicyclic) bond motifs is 1. The molecule has 8 heteroatoms. The molecular weight excluding hydrogens is 357 g/mol. The fourth-order valence-electron chi connectivity index (χ4n) is 2.15. The van der Waals surface area contributed by atoms with Gasteiger partial charge in [0.05, 0.1) is 28.6 Å². The molecule has 0 radical (unpaired) electrons. The average Bonchev–Trinajstić information content (AvgIpc) is 2.96. The topological polar surface area (TPSA) is 64.1 Å². The fraction of sp³-hybridized carbons (Fsp3) is 0.133. The number of hydrogen-bond donors (Lipinski definition) is 1. The van der Waals surface area contributed by atoms with E-state index in [9.17, 15) is 4.79 Å². The number of aryl methyl sites for hydroxylation is 1. The highest BCUT2D eigenvalue weighted by molar-refractivity contribution is 7.18. The van der Waals surface area contributed by atoms with E-state index in [0.717, 1.165) is 5.56 Å². The summed E-state index contributed by atoms with van der Waals surface area (Å²) in [4.78, 5) is 20.6. The summed E-state index contributed by atoms with van der Waals surface area (Å²) in [6.07, 6.45) is 1.33. The molecule has 0 atom stereocenters. The summed E-state index contributed by atoms with van der Waals surface area (Å²) in [5.74, 6) is 0.183. The zero-order chi connectivity index (χ0) is 16.6. The summed E-state index contributed by atoms with van der Waals surface area (Å²) in [6.45, 7) is 1.89. The highest BCUT2D eigenvalue weighted by Crippen LogP contribution is 2.35. The van der Waals surface area contributed by atoms with E-state index >= 15 is 0 Å². The molecule has 118 valence electrons. The number of thiophene rings is 1. The zero-order valence-corrected chi connectivity index (χ0v) is 14.5. The first-order chi connectivity index (χ1) is 11.0. The van der Waals surface area contributed by atoms with Crippen molar-refractivity contribution in [2.24, 2.45) is 0 Å². The summed E-state index contributed by atoms with van der Waals surface area (Å²) in [5.41, 5.74) is 2.34. The normalized spacial score (nSPS) is 10.8. The second-order valence-electron chi connectivity index (χ2n) is 4.77. The highest BCUT2D eigenvalue weighted by atomic mass is 35.5. The highest BCUT2D eigenvalue weighted by Gasteiger charge is 2.18. The number of nitrogens with zero attached hydrogens (tertiary/aromatic N) is 2. The summed E-state index contributed by atoms with van der Waals surface area (Å²) in [6, 6.07) is 3.57. The van der Waals surface area contributed by atoms with E-state index in [1.165, 1.54) is 24.8 Å². The molecule has 2 aromatic heterocycles. The summed E-state index contributed by atoms with van der Waals surface area (Å²) >= 11 is 13.6. The predicted molar refractivity (Wildman–Crippen MR) is 93.1 cm³/mol. The lowest BCUT2D eigenvalue weighted by Crippen LogP contribution is -2.12. The number of halogens is 2. The molecule has 3 rings (SSSR count). The van der Waals surface area contributed by atoms with Crippen LogP contribution in [0.25, 0.3) is 10.2 Å². The third kappa shape index (κ3) is 2.97. The maximum Gasteiger partial charge on any atom is 0.258 e. The monoisotopic (exact) mass is 367 g/mol. The van der Waals surface area contributed by atoms with Gasteiger partial charge in [0.1, 0.15) is 22.3 Å². The lowest BCUT2D eigenvalue weighted by atomic mass is 10.2. The van der Waals surface area contributed by atoms with Crippen LogP contribution in [0.2, 0.25) is 10.2 Å². The first kappa shape index (κ1) is 16.0. The van der Waals surface area contributed by atoms with E-state index in [4.69, 9.17) is 27.9 Å². The predicted octanol–water partition coefficient (Wildman–Crippen LogP) is 4.57. The second-order valence-corrected chi connectivity index (χ2v) is 6.39. The van der Waals surface area contributed by atoms with Crippen molar-refractivity contribution in [3.8, 4) is 5.75 Å². The molecule has 0 aliphatic rings. The van der Waals surface area contributed by atoms with Gasteiger partial charge in [-0.1, -0.05) is 23.2 Å². The van der Waals surface area contributed by atoms with Gasteiger partial charge in [-0.15, -0.1) is 11.3 Å². The molecule has 0 aliphatic carbocycles. The van der Waals surface area contributed by atoms with Gasteiger partial charge in [0, 0.05) is 5.38 Å². The number of nitrogens with one attached hydrogen (secondary N) is 1. The summed E-state index contributed by atoms with van der Waals surface area (Å²) in [7, 11) is 1.53. The van der Waals surface area contributed by atoms with Gasteiger partial charge in [-0.05, 0) is 24.6 Å². The minimum Gasteiger partial charge on any atom is -0.495 e. The Morgan fingerprint density at radius 3 is 2.83 bits per heavy atom.